The number of aldehydes is 1. The molecule has 1 N–H and O–H groups in total. The minimum atomic E-state index is -3.77. The highest BCUT2D eigenvalue weighted by Crippen LogP contribution is 2.57. The molecule has 9 heteroatoms. The highest BCUT2D eigenvalue weighted by Gasteiger charge is 2.34. The second-order valence-corrected chi connectivity index (χ2v) is 16.6. The summed E-state index contributed by atoms with van der Waals surface area (Å²) in [6, 6.07) is 9.04. The van der Waals surface area contributed by atoms with Crippen molar-refractivity contribution in [2.24, 2.45) is 5.92 Å². The third-order valence-corrected chi connectivity index (χ3v) is 8.66. The number of rotatable bonds is 14. The fraction of sp³-hybridized carbons (Fsp3) is 0.500. The summed E-state index contributed by atoms with van der Waals surface area (Å²) in [7, 11) is -5.39. The third-order valence-electron chi connectivity index (χ3n) is 4.88. The second-order valence-electron chi connectivity index (χ2n) is 8.93. The quantitative estimate of drug-likeness (QED) is 0.0867. The molecule has 0 aliphatic heterocycles. The van der Waals surface area contributed by atoms with Crippen LogP contribution in [0.25, 0.3) is 0 Å². The van der Waals surface area contributed by atoms with Crippen LogP contribution in [-0.4, -0.2) is 44.8 Å². The minimum absolute atomic E-state index is 0.0386. The molecule has 0 aliphatic carbocycles. The maximum atomic E-state index is 13.5. The van der Waals surface area contributed by atoms with Crippen molar-refractivity contribution in [1.82, 2.24) is 0 Å². The normalized spacial score (nSPS) is 14.8. The number of aliphatic hydroxyl groups excluding tert-OH is 1. The summed E-state index contributed by atoms with van der Waals surface area (Å²) < 4.78 is 30.0. The SMILES string of the molecule is C=C(C[Si](C)(C)C)[C@@H](C/C(OC(=O)c1ccccc1)=C(/C)P(=O)(OCC)OCC)[C@H](O)C=O. The monoisotopic (exact) mass is 496 g/mol. The lowest BCUT2D eigenvalue weighted by Gasteiger charge is -2.28. The summed E-state index contributed by atoms with van der Waals surface area (Å²) in [4.78, 5) is 24.4. The van der Waals surface area contributed by atoms with Gasteiger partial charge < -0.3 is 23.7 Å². The lowest BCUT2D eigenvalue weighted by atomic mass is 9.91. The van der Waals surface area contributed by atoms with Crippen LogP contribution < -0.4 is 0 Å². The van der Waals surface area contributed by atoms with Crippen molar-refractivity contribution < 1.29 is 33.0 Å². The average Bonchev–Trinajstić information content (AvgIpc) is 2.75. The summed E-state index contributed by atoms with van der Waals surface area (Å²) in [6.45, 7) is 15.7. The van der Waals surface area contributed by atoms with Crippen molar-refractivity contribution in [3.8, 4) is 0 Å². The molecule has 1 aromatic carbocycles. The maximum Gasteiger partial charge on any atom is 0.360 e. The number of carbonyl (C=O) groups excluding carboxylic acids is 2. The zero-order chi connectivity index (χ0) is 25.2. The Morgan fingerprint density at radius 3 is 2.15 bits per heavy atom. The molecular weight excluding hydrogens is 459 g/mol. The van der Waals surface area contributed by atoms with Gasteiger partial charge >= 0.3 is 13.6 Å². The van der Waals surface area contributed by atoms with Crippen molar-refractivity contribution in [1.29, 1.82) is 0 Å². The number of esters is 1. The predicted molar refractivity (Wildman–Crippen MR) is 133 cm³/mol. The molecule has 0 heterocycles. The zero-order valence-corrected chi connectivity index (χ0v) is 22.4. The van der Waals surface area contributed by atoms with E-state index in [4.69, 9.17) is 13.8 Å². The molecule has 184 valence electrons. The van der Waals surface area contributed by atoms with E-state index in [2.05, 4.69) is 26.2 Å². The van der Waals surface area contributed by atoms with Gasteiger partial charge in [0.2, 0.25) is 0 Å². The van der Waals surface area contributed by atoms with Gasteiger partial charge in [0.05, 0.1) is 24.1 Å². The molecule has 0 aromatic heterocycles. The highest BCUT2D eigenvalue weighted by atomic mass is 31.2. The first-order chi connectivity index (χ1) is 15.4. The molecule has 0 fully saturated rings. The summed E-state index contributed by atoms with van der Waals surface area (Å²) in [5.74, 6) is -1.34. The maximum absolute atomic E-state index is 13.5. The van der Waals surface area contributed by atoms with Gasteiger partial charge in [-0.3, -0.25) is 4.57 Å². The Labute approximate surface area is 198 Å². The summed E-state index contributed by atoms with van der Waals surface area (Å²) in [6.07, 6.45) is -0.972. The van der Waals surface area contributed by atoms with E-state index >= 15 is 0 Å². The molecule has 7 nitrogen and oxygen atoms in total. The van der Waals surface area contributed by atoms with Crippen LogP contribution in [0.3, 0.4) is 0 Å². The topological polar surface area (TPSA) is 99.1 Å². The van der Waals surface area contributed by atoms with Crippen LogP contribution in [0.2, 0.25) is 25.7 Å². The second kappa shape index (κ2) is 13.2. The summed E-state index contributed by atoms with van der Waals surface area (Å²) in [5, 5.41) is 10.6. The van der Waals surface area contributed by atoms with E-state index in [9.17, 15) is 19.3 Å². The van der Waals surface area contributed by atoms with Crippen LogP contribution in [0.15, 0.2) is 53.6 Å². The molecule has 0 spiro atoms. The predicted octanol–water partition coefficient (Wildman–Crippen LogP) is 5.80. The number of allylic oxidation sites excluding steroid dienone is 2. The molecular formula is C24H37O7PSi. The van der Waals surface area contributed by atoms with Crippen LogP contribution in [0.4, 0.5) is 0 Å². The molecule has 0 bridgehead atoms. The molecule has 0 amide bonds. The van der Waals surface area contributed by atoms with E-state index < -0.39 is 33.7 Å². The average molecular weight is 497 g/mol. The van der Waals surface area contributed by atoms with Gasteiger partial charge in [-0.1, -0.05) is 50.0 Å². The smallest absolute Gasteiger partial charge is 0.360 e. The van der Waals surface area contributed by atoms with Crippen LogP contribution in [0.1, 0.15) is 37.6 Å². The number of aliphatic hydroxyl groups is 1. The van der Waals surface area contributed by atoms with Gasteiger partial charge in [-0.25, -0.2) is 4.79 Å². The first-order valence-corrected chi connectivity index (χ1v) is 16.3. The van der Waals surface area contributed by atoms with Crippen molar-refractivity contribution in [3.05, 3.63) is 59.1 Å². The van der Waals surface area contributed by atoms with Crippen molar-refractivity contribution >= 4 is 27.9 Å². The van der Waals surface area contributed by atoms with Crippen LogP contribution in [-0.2, 0) is 23.1 Å². The minimum Gasteiger partial charge on any atom is -0.427 e. The molecule has 33 heavy (non-hydrogen) atoms. The molecule has 0 saturated heterocycles. The highest BCUT2D eigenvalue weighted by molar-refractivity contribution is 7.58. The molecule has 0 radical (unpaired) electrons. The van der Waals surface area contributed by atoms with Crippen LogP contribution in [0, 0.1) is 5.92 Å². The molecule has 1 aromatic rings. The van der Waals surface area contributed by atoms with E-state index in [0.29, 0.717) is 23.5 Å². The summed E-state index contributed by atoms with van der Waals surface area (Å²) in [5.41, 5.74) is 0.983. The van der Waals surface area contributed by atoms with E-state index in [0.717, 1.165) is 0 Å². The van der Waals surface area contributed by atoms with Crippen LogP contribution in [0.5, 0.6) is 0 Å². The lowest BCUT2D eigenvalue weighted by molar-refractivity contribution is -0.116. The van der Waals surface area contributed by atoms with E-state index in [1.807, 2.05) is 0 Å². The van der Waals surface area contributed by atoms with Gasteiger partial charge in [0, 0.05) is 20.4 Å². The fourth-order valence-corrected chi connectivity index (χ4v) is 6.55. The van der Waals surface area contributed by atoms with E-state index in [-0.39, 0.29) is 30.7 Å². The first kappa shape index (κ1) is 29.2. The van der Waals surface area contributed by atoms with Gasteiger partial charge in [0.25, 0.3) is 0 Å². The number of ether oxygens (including phenoxy) is 1. The zero-order valence-electron chi connectivity index (χ0n) is 20.5. The van der Waals surface area contributed by atoms with Gasteiger partial charge in [-0.05, 0) is 38.9 Å². The number of hydrogen-bond donors (Lipinski definition) is 1. The Bertz CT molecular complexity index is 880. The number of carbonyl (C=O) groups is 2. The van der Waals surface area contributed by atoms with Gasteiger partial charge in [-0.15, -0.1) is 0 Å². The molecule has 0 aliphatic rings. The van der Waals surface area contributed by atoms with Crippen molar-refractivity contribution in [3.63, 3.8) is 0 Å². The van der Waals surface area contributed by atoms with Crippen LogP contribution >= 0.6 is 7.60 Å². The van der Waals surface area contributed by atoms with E-state index in [1.54, 1.807) is 44.2 Å². The van der Waals surface area contributed by atoms with Crippen molar-refractivity contribution in [2.45, 2.75) is 59.0 Å². The lowest BCUT2D eigenvalue weighted by Crippen LogP contribution is -2.29. The Kier molecular flexibility index (Phi) is 11.6. The molecule has 0 unspecified atom stereocenters. The van der Waals surface area contributed by atoms with Crippen molar-refractivity contribution in [2.75, 3.05) is 13.2 Å². The van der Waals surface area contributed by atoms with Gasteiger partial charge in [-0.2, -0.15) is 0 Å². The number of hydrogen-bond acceptors (Lipinski definition) is 7. The largest absolute Gasteiger partial charge is 0.427 e. The fourth-order valence-electron chi connectivity index (χ4n) is 3.35. The van der Waals surface area contributed by atoms with Gasteiger partial charge in [0.15, 0.2) is 0 Å². The Morgan fingerprint density at radius 1 is 1.15 bits per heavy atom. The molecule has 0 saturated carbocycles. The molecule has 1 rings (SSSR count). The van der Waals surface area contributed by atoms with E-state index in [1.165, 1.54) is 6.92 Å². The standard InChI is InChI=1S/C24H37O7PSi/c1-8-29-32(28,30-9-2)19(4)23(31-24(27)20-13-11-10-12-14-20)15-21(22(26)16-25)18(3)17-33(5,6)7/h10-14,16,21-22,26H,3,8-9,15,17H2,1-2,4-7H3/b23-19+/t21-,22-/m1/s1. The Balaban J connectivity index is 3.51. The van der Waals surface area contributed by atoms with Gasteiger partial charge in [0.1, 0.15) is 18.1 Å². The third kappa shape index (κ3) is 9.14. The molecule has 2 atom stereocenters. The number of benzene rings is 1. The first-order valence-electron chi connectivity index (χ1n) is 11.1. The Morgan fingerprint density at radius 2 is 1.70 bits per heavy atom. The Hall–Kier alpha value is -1.83. The summed E-state index contributed by atoms with van der Waals surface area (Å²) >= 11 is 0.